The number of thiophene rings is 1. The highest BCUT2D eigenvalue weighted by atomic mass is 32.1. The second kappa shape index (κ2) is 8.43. The van der Waals surface area contributed by atoms with Gasteiger partial charge in [0.2, 0.25) is 5.88 Å². The SMILES string of the molecule is CC1CCC1.COc1cc2cc(c1OC)Cc1nc(C)n3nc(-c4ccsc4)nc(c13)O2. The van der Waals surface area contributed by atoms with Crippen molar-refractivity contribution < 1.29 is 14.2 Å². The molecule has 6 rings (SSSR count). The first-order valence-electron chi connectivity index (χ1n) is 10.8. The lowest BCUT2D eigenvalue weighted by atomic mass is 9.88. The Bertz CT molecular complexity index is 1260. The standard InChI is InChI=1S/C19H16N4O3S.C5H10/c1-10-20-14-7-12-6-13(8-15(24-2)17(12)25-3)26-19-16(14)23(10)22-18(21-19)11-4-5-27-9-11;1-5-3-2-4-5/h4-6,8-9H,7H2,1-3H3;5H,2-4H2,1H3. The number of nitrogens with zero attached hydrogens (tertiary/aromatic N) is 4. The quantitative estimate of drug-likeness (QED) is 0.352. The van der Waals surface area contributed by atoms with Crippen LogP contribution in [0.4, 0.5) is 0 Å². The molecule has 166 valence electrons. The highest BCUT2D eigenvalue weighted by molar-refractivity contribution is 7.08. The van der Waals surface area contributed by atoms with Crippen molar-refractivity contribution in [1.82, 2.24) is 19.6 Å². The Kier molecular flexibility index (Phi) is 5.46. The Morgan fingerprint density at radius 3 is 2.59 bits per heavy atom. The normalized spacial score (nSPS) is 14.5. The Morgan fingerprint density at radius 2 is 1.97 bits per heavy atom. The second-order valence-corrected chi connectivity index (χ2v) is 9.03. The highest BCUT2D eigenvalue weighted by Crippen LogP contribution is 2.41. The molecule has 0 N–H and O–H groups in total. The zero-order chi connectivity index (χ0) is 22.2. The third kappa shape index (κ3) is 3.68. The average molecular weight is 451 g/mol. The number of hydrogen-bond acceptors (Lipinski definition) is 7. The number of imidazole rings is 1. The van der Waals surface area contributed by atoms with Gasteiger partial charge in [0.25, 0.3) is 0 Å². The lowest BCUT2D eigenvalue weighted by molar-refractivity contribution is 0.346. The molecule has 0 atom stereocenters. The number of hydrogen-bond donors (Lipinski definition) is 0. The van der Waals surface area contributed by atoms with Crippen LogP contribution in [0.15, 0.2) is 29.0 Å². The molecule has 32 heavy (non-hydrogen) atoms. The first-order chi connectivity index (χ1) is 15.6. The lowest BCUT2D eigenvalue weighted by Gasteiger charge is -2.18. The van der Waals surface area contributed by atoms with Gasteiger partial charge in [0.15, 0.2) is 22.8 Å². The fourth-order valence-electron chi connectivity index (χ4n) is 4.00. The maximum atomic E-state index is 6.16. The van der Waals surface area contributed by atoms with Crippen molar-refractivity contribution in [3.8, 4) is 34.5 Å². The van der Waals surface area contributed by atoms with Gasteiger partial charge in [-0.15, -0.1) is 5.10 Å². The number of aromatic nitrogens is 4. The summed E-state index contributed by atoms with van der Waals surface area (Å²) in [6.07, 6.45) is 5.03. The number of fused-ring (bicyclic) bond motifs is 2. The summed E-state index contributed by atoms with van der Waals surface area (Å²) < 4.78 is 19.0. The van der Waals surface area contributed by atoms with Gasteiger partial charge in [-0.2, -0.15) is 16.3 Å². The minimum absolute atomic E-state index is 0.486. The van der Waals surface area contributed by atoms with Gasteiger partial charge in [0.05, 0.1) is 19.9 Å². The van der Waals surface area contributed by atoms with E-state index in [-0.39, 0.29) is 0 Å². The molecule has 0 radical (unpaired) electrons. The predicted molar refractivity (Wildman–Crippen MR) is 124 cm³/mol. The van der Waals surface area contributed by atoms with Crippen LogP contribution in [-0.2, 0) is 6.42 Å². The van der Waals surface area contributed by atoms with Gasteiger partial charge in [-0.25, -0.2) is 9.50 Å². The van der Waals surface area contributed by atoms with E-state index in [1.165, 1.54) is 19.3 Å². The van der Waals surface area contributed by atoms with Crippen LogP contribution in [0.25, 0.3) is 16.9 Å². The van der Waals surface area contributed by atoms with Crippen molar-refractivity contribution >= 4 is 16.9 Å². The molecule has 1 saturated carbocycles. The van der Waals surface area contributed by atoms with Crippen molar-refractivity contribution in [2.24, 2.45) is 5.92 Å². The van der Waals surface area contributed by atoms with Crippen molar-refractivity contribution in [3.05, 3.63) is 46.0 Å². The molecule has 0 amide bonds. The molecule has 8 heteroatoms. The topological polar surface area (TPSA) is 70.8 Å². The molecule has 2 bridgehead atoms. The third-order valence-corrected chi connectivity index (χ3v) is 6.65. The van der Waals surface area contributed by atoms with Crippen molar-refractivity contribution in [2.45, 2.75) is 39.5 Å². The fraction of sp³-hybridized carbons (Fsp3) is 0.375. The molecule has 1 fully saturated rings. The Hall–Kier alpha value is -3.13. The van der Waals surface area contributed by atoms with Gasteiger partial charge in [0.1, 0.15) is 11.6 Å². The summed E-state index contributed by atoms with van der Waals surface area (Å²) >= 11 is 1.60. The molecule has 1 aromatic carbocycles. The minimum Gasteiger partial charge on any atom is -0.493 e. The molecular weight excluding hydrogens is 424 g/mol. The van der Waals surface area contributed by atoms with E-state index in [0.29, 0.717) is 35.4 Å². The summed E-state index contributed by atoms with van der Waals surface area (Å²) in [5.74, 6) is 4.88. The first kappa shape index (κ1) is 20.8. The fourth-order valence-corrected chi connectivity index (χ4v) is 4.63. The molecular formula is C24H26N4O3S. The number of rotatable bonds is 3. The third-order valence-electron chi connectivity index (χ3n) is 5.97. The highest BCUT2D eigenvalue weighted by Gasteiger charge is 2.25. The van der Waals surface area contributed by atoms with Crippen molar-refractivity contribution in [2.75, 3.05) is 14.2 Å². The van der Waals surface area contributed by atoms with Gasteiger partial charge in [0, 0.05) is 29.0 Å². The van der Waals surface area contributed by atoms with Gasteiger partial charge >= 0.3 is 0 Å². The minimum atomic E-state index is 0.486. The van der Waals surface area contributed by atoms with Crippen LogP contribution in [0.2, 0.25) is 0 Å². The summed E-state index contributed by atoms with van der Waals surface area (Å²) in [5.41, 5.74) is 3.52. The van der Waals surface area contributed by atoms with Gasteiger partial charge < -0.3 is 14.2 Å². The van der Waals surface area contributed by atoms with E-state index in [4.69, 9.17) is 19.2 Å². The molecule has 7 nitrogen and oxygen atoms in total. The van der Waals surface area contributed by atoms with E-state index in [9.17, 15) is 0 Å². The molecule has 2 aliphatic rings. The average Bonchev–Trinajstić information content (AvgIpc) is 3.40. The van der Waals surface area contributed by atoms with Gasteiger partial charge in [-0.1, -0.05) is 26.2 Å². The Labute approximate surface area is 191 Å². The monoisotopic (exact) mass is 450 g/mol. The van der Waals surface area contributed by atoms with Crippen LogP contribution in [0.1, 0.15) is 43.3 Å². The number of benzene rings is 1. The number of methoxy groups -OCH3 is 2. The maximum absolute atomic E-state index is 6.16. The zero-order valence-corrected chi connectivity index (χ0v) is 19.5. The van der Waals surface area contributed by atoms with Gasteiger partial charge in [-0.05, 0) is 30.4 Å². The molecule has 1 aliphatic carbocycles. The molecule has 0 saturated heterocycles. The van der Waals surface area contributed by atoms with E-state index >= 15 is 0 Å². The maximum Gasteiger partial charge on any atom is 0.249 e. The largest absolute Gasteiger partial charge is 0.493 e. The smallest absolute Gasteiger partial charge is 0.249 e. The molecule has 0 unspecified atom stereocenters. The molecule has 3 aromatic heterocycles. The van der Waals surface area contributed by atoms with Crippen molar-refractivity contribution in [3.63, 3.8) is 0 Å². The summed E-state index contributed by atoms with van der Waals surface area (Å²) in [6.45, 7) is 4.24. The molecule has 4 heterocycles. The Balaban J connectivity index is 0.000000383. The van der Waals surface area contributed by atoms with E-state index in [1.54, 1.807) is 36.1 Å². The summed E-state index contributed by atoms with van der Waals surface area (Å²) in [6, 6.07) is 5.74. The zero-order valence-electron chi connectivity index (χ0n) is 18.7. The number of ether oxygens (including phenoxy) is 3. The Morgan fingerprint density at radius 1 is 1.16 bits per heavy atom. The molecule has 1 aliphatic heterocycles. The predicted octanol–water partition coefficient (Wildman–Crippen LogP) is 5.68. The van der Waals surface area contributed by atoms with Crippen LogP contribution in [0.5, 0.6) is 23.1 Å². The molecule has 0 spiro atoms. The van der Waals surface area contributed by atoms with Crippen molar-refractivity contribution in [1.29, 1.82) is 0 Å². The summed E-state index contributed by atoms with van der Waals surface area (Å²) in [5, 5.41) is 8.69. The van der Waals surface area contributed by atoms with E-state index < -0.39 is 0 Å². The first-order valence-corrected chi connectivity index (χ1v) is 11.7. The van der Waals surface area contributed by atoms with E-state index in [1.807, 2.05) is 29.8 Å². The van der Waals surface area contributed by atoms with E-state index in [2.05, 4.69) is 17.0 Å². The second-order valence-electron chi connectivity index (χ2n) is 8.25. The lowest BCUT2D eigenvalue weighted by Crippen LogP contribution is -2.06. The van der Waals surface area contributed by atoms with Crippen LogP contribution < -0.4 is 14.2 Å². The molecule has 4 aromatic rings. The van der Waals surface area contributed by atoms with Crippen LogP contribution in [0.3, 0.4) is 0 Å². The summed E-state index contributed by atoms with van der Waals surface area (Å²) in [4.78, 5) is 9.40. The summed E-state index contributed by atoms with van der Waals surface area (Å²) in [7, 11) is 3.24. The van der Waals surface area contributed by atoms with Crippen LogP contribution in [0, 0.1) is 12.8 Å². The van der Waals surface area contributed by atoms with E-state index in [0.717, 1.165) is 34.1 Å². The van der Waals surface area contributed by atoms with Crippen LogP contribution in [-0.4, -0.2) is 33.8 Å². The van der Waals surface area contributed by atoms with Gasteiger partial charge in [-0.3, -0.25) is 0 Å². The number of aryl methyl sites for hydroxylation is 1. The van der Waals surface area contributed by atoms with Crippen LogP contribution >= 0.6 is 11.3 Å².